The molecule has 0 bridgehead atoms. The first-order valence-corrected chi connectivity index (χ1v) is 13.5. The third kappa shape index (κ3) is 4.33. The molecule has 0 amide bonds. The molecule has 3 spiro atoms. The van der Waals surface area contributed by atoms with Crippen LogP contribution in [0.15, 0.2) is 11.6 Å². The minimum Gasteiger partial charge on any atom is -0.373 e. The average Bonchev–Trinajstić information content (AvgIpc) is 3.47. The summed E-state index contributed by atoms with van der Waals surface area (Å²) in [7, 11) is 0. The van der Waals surface area contributed by atoms with Crippen LogP contribution in [0.1, 0.15) is 86.0 Å². The Bertz CT molecular complexity index is 667. The molecule has 0 aromatic carbocycles. The van der Waals surface area contributed by atoms with E-state index in [2.05, 4.69) is 50.5 Å². The number of ether oxygens (including phenoxy) is 1. The molecule has 0 aromatic rings. The van der Waals surface area contributed by atoms with Gasteiger partial charge in [0.25, 0.3) is 0 Å². The highest BCUT2D eigenvalue weighted by molar-refractivity contribution is 5.24. The van der Waals surface area contributed by atoms with Crippen molar-refractivity contribution in [1.82, 2.24) is 9.80 Å². The van der Waals surface area contributed by atoms with Crippen molar-refractivity contribution >= 4 is 0 Å². The predicted molar refractivity (Wildman–Crippen MR) is 134 cm³/mol. The van der Waals surface area contributed by atoms with Gasteiger partial charge in [-0.25, -0.2) is 0 Å². The number of nitrogens with two attached hydrogens (primary N) is 2. The third-order valence-corrected chi connectivity index (χ3v) is 9.98. The number of likely N-dealkylation sites (tertiary alicyclic amines) is 2. The number of nitrogens with zero attached hydrogens (tertiary/aromatic N) is 2. The predicted octanol–water partition coefficient (Wildman–Crippen LogP) is 3.91. The molecule has 2 aliphatic carbocycles. The van der Waals surface area contributed by atoms with Crippen LogP contribution in [-0.2, 0) is 4.74 Å². The molecule has 184 valence electrons. The molecule has 5 nitrogen and oxygen atoms in total. The van der Waals surface area contributed by atoms with Crippen LogP contribution in [0.2, 0.25) is 0 Å². The molecule has 32 heavy (non-hydrogen) atoms. The summed E-state index contributed by atoms with van der Waals surface area (Å²) < 4.78 is 6.01. The molecule has 5 aliphatic rings. The third-order valence-electron chi connectivity index (χ3n) is 9.98. The van der Waals surface area contributed by atoms with E-state index in [-0.39, 0.29) is 5.60 Å². The van der Waals surface area contributed by atoms with Crippen molar-refractivity contribution in [2.75, 3.05) is 32.8 Å². The van der Waals surface area contributed by atoms with Crippen molar-refractivity contribution in [3.63, 3.8) is 0 Å². The molecule has 0 aromatic heterocycles. The Morgan fingerprint density at radius 1 is 0.875 bits per heavy atom. The maximum absolute atomic E-state index is 6.46. The normalized spacial score (nSPS) is 34.7. The molecule has 3 saturated heterocycles. The fraction of sp³-hybridized carbons (Fsp3) is 0.926. The second kappa shape index (κ2) is 9.30. The Labute approximate surface area is 197 Å². The van der Waals surface area contributed by atoms with Crippen LogP contribution in [-0.4, -0.2) is 72.4 Å². The summed E-state index contributed by atoms with van der Waals surface area (Å²) in [6, 6.07) is 2.07. The summed E-state index contributed by atoms with van der Waals surface area (Å²) in [5, 5.41) is 0. The molecule has 5 heteroatoms. The SMILES string of the molecule is C/C=C1\CCC(N)C12CCN(C(C)C)CC2.CC(C)N1CCC2(CC1)COC1(CC1)C2N. The summed E-state index contributed by atoms with van der Waals surface area (Å²) in [6.07, 6.45) is 12.2. The highest BCUT2D eigenvalue weighted by Gasteiger charge is 2.62. The first-order valence-electron chi connectivity index (χ1n) is 13.5. The molecule has 0 radical (unpaired) electrons. The van der Waals surface area contributed by atoms with E-state index in [4.69, 9.17) is 16.2 Å². The van der Waals surface area contributed by atoms with Gasteiger partial charge < -0.3 is 26.0 Å². The van der Waals surface area contributed by atoms with Gasteiger partial charge in [0.05, 0.1) is 12.2 Å². The smallest absolute Gasteiger partial charge is 0.0841 e. The van der Waals surface area contributed by atoms with E-state index in [1.807, 2.05) is 0 Å². The van der Waals surface area contributed by atoms with Gasteiger partial charge in [0.15, 0.2) is 0 Å². The summed E-state index contributed by atoms with van der Waals surface area (Å²) in [4.78, 5) is 5.15. The lowest BCUT2D eigenvalue weighted by Gasteiger charge is -2.44. The molecule has 3 aliphatic heterocycles. The maximum atomic E-state index is 6.46. The van der Waals surface area contributed by atoms with Crippen LogP contribution in [0, 0.1) is 10.8 Å². The number of hydrogen-bond acceptors (Lipinski definition) is 5. The Morgan fingerprint density at radius 2 is 1.41 bits per heavy atom. The van der Waals surface area contributed by atoms with Crippen LogP contribution in [0.3, 0.4) is 0 Å². The van der Waals surface area contributed by atoms with Gasteiger partial charge in [-0.1, -0.05) is 11.6 Å². The largest absolute Gasteiger partial charge is 0.373 e. The molecule has 5 fully saturated rings. The van der Waals surface area contributed by atoms with Gasteiger partial charge >= 0.3 is 0 Å². The van der Waals surface area contributed by atoms with E-state index in [1.165, 1.54) is 77.5 Å². The number of piperidine rings is 2. The first-order chi connectivity index (χ1) is 15.2. The van der Waals surface area contributed by atoms with Crippen molar-refractivity contribution in [1.29, 1.82) is 0 Å². The van der Waals surface area contributed by atoms with Gasteiger partial charge in [0.2, 0.25) is 0 Å². The van der Waals surface area contributed by atoms with Crippen molar-refractivity contribution in [2.24, 2.45) is 22.3 Å². The maximum Gasteiger partial charge on any atom is 0.0841 e. The molecule has 4 N–H and O–H groups in total. The van der Waals surface area contributed by atoms with Gasteiger partial charge in [-0.05, 0) is 112 Å². The van der Waals surface area contributed by atoms with Gasteiger partial charge in [-0.2, -0.15) is 0 Å². The van der Waals surface area contributed by atoms with E-state index < -0.39 is 0 Å². The Morgan fingerprint density at radius 3 is 1.84 bits per heavy atom. The quantitative estimate of drug-likeness (QED) is 0.630. The second-order valence-corrected chi connectivity index (χ2v) is 12.1. The van der Waals surface area contributed by atoms with Gasteiger partial charge in [-0.15, -0.1) is 0 Å². The zero-order valence-electron chi connectivity index (χ0n) is 21.5. The number of hydrogen-bond donors (Lipinski definition) is 2. The zero-order chi connectivity index (χ0) is 23.1. The Balaban J connectivity index is 0.000000153. The second-order valence-electron chi connectivity index (χ2n) is 12.1. The van der Waals surface area contributed by atoms with Gasteiger partial charge in [-0.3, -0.25) is 0 Å². The van der Waals surface area contributed by atoms with E-state index in [0.29, 0.717) is 35.0 Å². The summed E-state index contributed by atoms with van der Waals surface area (Å²) in [5.74, 6) is 0. The van der Waals surface area contributed by atoms with Crippen LogP contribution in [0.5, 0.6) is 0 Å². The summed E-state index contributed by atoms with van der Waals surface area (Å²) in [6.45, 7) is 17.1. The molecule has 3 heterocycles. The zero-order valence-corrected chi connectivity index (χ0v) is 21.5. The number of rotatable bonds is 2. The lowest BCUT2D eigenvalue weighted by Crippen LogP contribution is -2.52. The van der Waals surface area contributed by atoms with Crippen LogP contribution in [0.4, 0.5) is 0 Å². The average molecular weight is 447 g/mol. The monoisotopic (exact) mass is 446 g/mol. The fourth-order valence-electron chi connectivity index (χ4n) is 7.18. The van der Waals surface area contributed by atoms with Crippen LogP contribution in [0.25, 0.3) is 0 Å². The lowest BCUT2D eigenvalue weighted by molar-refractivity contribution is 0.0498. The van der Waals surface area contributed by atoms with Crippen molar-refractivity contribution in [3.8, 4) is 0 Å². The number of allylic oxidation sites excluding steroid dienone is 1. The lowest BCUT2D eigenvalue weighted by atomic mass is 9.71. The summed E-state index contributed by atoms with van der Waals surface area (Å²) in [5.41, 5.74) is 15.3. The van der Waals surface area contributed by atoms with E-state index in [1.54, 1.807) is 5.57 Å². The van der Waals surface area contributed by atoms with Crippen molar-refractivity contribution < 1.29 is 4.74 Å². The van der Waals surface area contributed by atoms with E-state index in [0.717, 1.165) is 6.61 Å². The van der Waals surface area contributed by atoms with Crippen LogP contribution < -0.4 is 11.5 Å². The first kappa shape index (κ1) is 24.7. The highest BCUT2D eigenvalue weighted by atomic mass is 16.5. The molecule has 2 saturated carbocycles. The van der Waals surface area contributed by atoms with Crippen molar-refractivity contribution in [3.05, 3.63) is 11.6 Å². The molecule has 2 unspecified atom stereocenters. The van der Waals surface area contributed by atoms with Crippen molar-refractivity contribution in [2.45, 2.75) is 116 Å². The Hall–Kier alpha value is -0.460. The molecular formula is C27H50N4O. The summed E-state index contributed by atoms with van der Waals surface area (Å²) >= 11 is 0. The topological polar surface area (TPSA) is 67.8 Å². The molecule has 5 rings (SSSR count). The highest BCUT2D eigenvalue weighted by Crippen LogP contribution is 2.56. The van der Waals surface area contributed by atoms with Gasteiger partial charge in [0.1, 0.15) is 0 Å². The van der Waals surface area contributed by atoms with Crippen LogP contribution >= 0.6 is 0 Å². The fourth-order valence-corrected chi connectivity index (χ4v) is 7.18. The van der Waals surface area contributed by atoms with E-state index in [9.17, 15) is 0 Å². The standard InChI is InChI=1S/C14H26N2.C13H24N2O/c1-4-12-5-6-13(15)14(12)7-9-16(10-8-14)11(2)3;1-10(2)15-7-5-12(6-8-15)9-16-13(3-4-13)11(12)14/h4,11,13H,5-10,15H2,1-3H3;10-11H,3-9,14H2,1-2H3/b12-4+;. The molecular weight excluding hydrogens is 396 g/mol. The molecule has 2 atom stereocenters. The Kier molecular flexibility index (Phi) is 7.16. The minimum absolute atomic E-state index is 0.111. The minimum atomic E-state index is 0.111. The van der Waals surface area contributed by atoms with Gasteiger partial charge in [0, 0.05) is 35.0 Å². The van der Waals surface area contributed by atoms with E-state index >= 15 is 0 Å².